The largest absolute Gasteiger partial charge is 0.459 e. The quantitative estimate of drug-likeness (QED) is 0.662. The van der Waals surface area contributed by atoms with Gasteiger partial charge in [0.25, 0.3) is 5.91 Å². The first-order valence-electron chi connectivity index (χ1n) is 8.95. The minimum absolute atomic E-state index is 0.142. The summed E-state index contributed by atoms with van der Waals surface area (Å²) in [5.41, 5.74) is -0.284. The van der Waals surface area contributed by atoms with Crippen LogP contribution < -0.4 is 0 Å². The van der Waals surface area contributed by atoms with Crippen LogP contribution in [0.25, 0.3) is 11.4 Å². The fourth-order valence-electron chi connectivity index (χ4n) is 3.10. The third-order valence-electron chi connectivity index (χ3n) is 4.69. The molecule has 7 nitrogen and oxygen atoms in total. The Morgan fingerprint density at radius 1 is 1.07 bits per heavy atom. The molecule has 10 heteroatoms. The summed E-state index contributed by atoms with van der Waals surface area (Å²) in [7, 11) is 0. The highest BCUT2D eigenvalue weighted by molar-refractivity contribution is 5.91. The first-order chi connectivity index (χ1) is 13.9. The summed E-state index contributed by atoms with van der Waals surface area (Å²) in [4.78, 5) is 20.3. The minimum Gasteiger partial charge on any atom is -0.459 e. The van der Waals surface area contributed by atoms with E-state index in [1.807, 2.05) is 0 Å². The third-order valence-corrected chi connectivity index (χ3v) is 4.69. The number of furan rings is 1. The Kier molecular flexibility index (Phi) is 5.10. The van der Waals surface area contributed by atoms with Crippen molar-refractivity contribution < 1.29 is 26.9 Å². The number of nitrogens with zero attached hydrogens (tertiary/aromatic N) is 4. The van der Waals surface area contributed by atoms with E-state index >= 15 is 0 Å². The summed E-state index contributed by atoms with van der Waals surface area (Å²) in [6.45, 7) is 2.74. The molecule has 0 bridgehead atoms. The van der Waals surface area contributed by atoms with Crippen molar-refractivity contribution >= 4 is 5.91 Å². The Labute approximate surface area is 163 Å². The maximum absolute atomic E-state index is 12.7. The normalized spacial score (nSPS) is 15.6. The van der Waals surface area contributed by atoms with E-state index in [1.165, 1.54) is 18.4 Å². The molecule has 1 fully saturated rings. The van der Waals surface area contributed by atoms with Crippen LogP contribution in [0.1, 0.15) is 22.0 Å². The van der Waals surface area contributed by atoms with E-state index < -0.39 is 11.7 Å². The topological polar surface area (TPSA) is 75.6 Å². The first-order valence-corrected chi connectivity index (χ1v) is 8.95. The van der Waals surface area contributed by atoms with Crippen molar-refractivity contribution in [3.05, 3.63) is 59.9 Å². The van der Waals surface area contributed by atoms with Crippen LogP contribution >= 0.6 is 0 Å². The lowest BCUT2D eigenvalue weighted by Gasteiger charge is -2.33. The molecule has 0 spiro atoms. The fourth-order valence-corrected chi connectivity index (χ4v) is 3.10. The van der Waals surface area contributed by atoms with Gasteiger partial charge in [-0.05, 0) is 24.3 Å². The van der Waals surface area contributed by atoms with Gasteiger partial charge in [0, 0.05) is 31.7 Å². The molecular weight excluding hydrogens is 389 g/mol. The van der Waals surface area contributed by atoms with Gasteiger partial charge in [-0.1, -0.05) is 17.3 Å². The number of benzene rings is 1. The molecule has 1 aliphatic rings. The number of hydrogen-bond acceptors (Lipinski definition) is 6. The average molecular weight is 406 g/mol. The van der Waals surface area contributed by atoms with E-state index in [1.54, 1.807) is 17.0 Å². The summed E-state index contributed by atoms with van der Waals surface area (Å²) in [5, 5.41) is 3.85. The Bertz CT molecular complexity index is 960. The molecule has 1 aliphatic heterocycles. The predicted octanol–water partition coefficient (Wildman–Crippen LogP) is 3.31. The van der Waals surface area contributed by atoms with Crippen LogP contribution in [0.3, 0.4) is 0 Å². The van der Waals surface area contributed by atoms with Crippen molar-refractivity contribution in [2.75, 3.05) is 26.2 Å². The monoisotopic (exact) mass is 406 g/mol. The summed E-state index contributed by atoms with van der Waals surface area (Å²) < 4.78 is 48.4. The van der Waals surface area contributed by atoms with Gasteiger partial charge in [0.05, 0.1) is 18.4 Å². The molecule has 3 heterocycles. The Hall–Kier alpha value is -3.14. The molecule has 1 saturated heterocycles. The Morgan fingerprint density at radius 3 is 2.41 bits per heavy atom. The van der Waals surface area contributed by atoms with Crippen LogP contribution in [0.5, 0.6) is 0 Å². The molecule has 29 heavy (non-hydrogen) atoms. The molecule has 1 amide bonds. The number of hydrogen-bond donors (Lipinski definition) is 0. The lowest BCUT2D eigenvalue weighted by molar-refractivity contribution is -0.137. The lowest BCUT2D eigenvalue weighted by Crippen LogP contribution is -2.48. The summed E-state index contributed by atoms with van der Waals surface area (Å²) in [6, 6.07) is 7.91. The summed E-state index contributed by atoms with van der Waals surface area (Å²) in [6.07, 6.45) is -2.92. The molecule has 4 rings (SSSR count). The molecule has 1 aromatic carbocycles. The van der Waals surface area contributed by atoms with E-state index in [-0.39, 0.29) is 11.7 Å². The smallest absolute Gasteiger partial charge is 0.416 e. The summed E-state index contributed by atoms with van der Waals surface area (Å²) >= 11 is 0. The van der Waals surface area contributed by atoms with Gasteiger partial charge in [-0.25, -0.2) is 0 Å². The van der Waals surface area contributed by atoms with Gasteiger partial charge in [0.1, 0.15) is 0 Å². The fraction of sp³-hybridized carbons (Fsp3) is 0.316. The van der Waals surface area contributed by atoms with Crippen molar-refractivity contribution in [1.29, 1.82) is 0 Å². The van der Waals surface area contributed by atoms with Crippen molar-refractivity contribution in [1.82, 2.24) is 19.9 Å². The van der Waals surface area contributed by atoms with E-state index in [0.29, 0.717) is 49.9 Å². The van der Waals surface area contributed by atoms with Crippen LogP contribution in [0.2, 0.25) is 0 Å². The van der Waals surface area contributed by atoms with Crippen LogP contribution in [0.4, 0.5) is 13.2 Å². The second-order valence-electron chi connectivity index (χ2n) is 6.63. The Morgan fingerprint density at radius 2 is 1.79 bits per heavy atom. The number of amides is 1. The zero-order valence-corrected chi connectivity index (χ0v) is 15.2. The van der Waals surface area contributed by atoms with Crippen LogP contribution in [0, 0.1) is 0 Å². The molecule has 0 aliphatic carbocycles. The Balaban J connectivity index is 1.34. The van der Waals surface area contributed by atoms with Crippen molar-refractivity contribution in [3.63, 3.8) is 0 Å². The van der Waals surface area contributed by atoms with Gasteiger partial charge in [-0.3, -0.25) is 9.69 Å². The number of carbonyl (C=O) groups excluding carboxylic acids is 1. The van der Waals surface area contributed by atoms with Crippen LogP contribution in [-0.2, 0) is 12.7 Å². The van der Waals surface area contributed by atoms with E-state index in [9.17, 15) is 18.0 Å². The van der Waals surface area contributed by atoms with Gasteiger partial charge in [0.15, 0.2) is 5.76 Å². The van der Waals surface area contributed by atoms with Crippen molar-refractivity contribution in [3.8, 4) is 11.4 Å². The number of halogens is 3. The van der Waals surface area contributed by atoms with Crippen molar-refractivity contribution in [2.45, 2.75) is 12.7 Å². The zero-order chi connectivity index (χ0) is 20.4. The van der Waals surface area contributed by atoms with Crippen LogP contribution in [-0.4, -0.2) is 52.0 Å². The molecular formula is C19H17F3N4O3. The minimum atomic E-state index is -4.39. The number of aromatic nitrogens is 2. The first kappa shape index (κ1) is 19.2. The van der Waals surface area contributed by atoms with Gasteiger partial charge >= 0.3 is 6.18 Å². The third kappa shape index (κ3) is 4.32. The molecule has 3 aromatic rings. The second-order valence-corrected chi connectivity index (χ2v) is 6.63. The lowest BCUT2D eigenvalue weighted by atomic mass is 10.1. The highest BCUT2D eigenvalue weighted by Crippen LogP contribution is 2.30. The van der Waals surface area contributed by atoms with Gasteiger partial charge < -0.3 is 13.8 Å². The predicted molar refractivity (Wildman–Crippen MR) is 94.6 cm³/mol. The average Bonchev–Trinajstić information content (AvgIpc) is 3.40. The van der Waals surface area contributed by atoms with Crippen LogP contribution in [0.15, 0.2) is 51.6 Å². The molecule has 0 N–H and O–H groups in total. The zero-order valence-electron chi connectivity index (χ0n) is 15.2. The number of carbonyl (C=O) groups is 1. The van der Waals surface area contributed by atoms with E-state index in [2.05, 4.69) is 15.0 Å². The molecule has 0 unspecified atom stereocenters. The van der Waals surface area contributed by atoms with E-state index in [0.717, 1.165) is 12.1 Å². The number of rotatable bonds is 4. The SMILES string of the molecule is O=C(c1ccco1)N1CCN(Cc2nc(-c3ccc(C(F)(F)F)cc3)no2)CC1. The maximum atomic E-state index is 12.7. The number of alkyl halides is 3. The molecule has 152 valence electrons. The highest BCUT2D eigenvalue weighted by Gasteiger charge is 2.30. The van der Waals surface area contributed by atoms with Gasteiger partial charge in [0.2, 0.25) is 11.7 Å². The molecule has 0 saturated carbocycles. The van der Waals surface area contributed by atoms with Gasteiger partial charge in [-0.15, -0.1) is 0 Å². The van der Waals surface area contributed by atoms with Gasteiger partial charge in [-0.2, -0.15) is 18.2 Å². The second kappa shape index (κ2) is 7.70. The maximum Gasteiger partial charge on any atom is 0.416 e. The molecule has 0 radical (unpaired) electrons. The summed E-state index contributed by atoms with van der Waals surface area (Å²) in [5.74, 6) is 0.777. The van der Waals surface area contributed by atoms with E-state index in [4.69, 9.17) is 8.94 Å². The standard InChI is InChI=1S/C19H17F3N4O3/c20-19(21,22)14-5-3-13(4-6-14)17-23-16(29-24-17)12-25-7-9-26(10-8-25)18(27)15-2-1-11-28-15/h1-6,11H,7-10,12H2. The molecule has 0 atom stereocenters. The molecule has 2 aromatic heterocycles. The van der Waals surface area contributed by atoms with Crippen molar-refractivity contribution in [2.24, 2.45) is 0 Å². The number of piperazine rings is 1. The highest BCUT2D eigenvalue weighted by atomic mass is 19.4.